The first kappa shape index (κ1) is 14.3. The van der Waals surface area contributed by atoms with Gasteiger partial charge in [-0.1, -0.05) is 40.8 Å². The number of nitrogens with zero attached hydrogens (tertiary/aromatic N) is 4. The summed E-state index contributed by atoms with van der Waals surface area (Å²) >= 11 is 2.44. The minimum Gasteiger partial charge on any atom is -0.606 e. The van der Waals surface area contributed by atoms with Crippen molar-refractivity contribution in [2.24, 2.45) is 0 Å². The van der Waals surface area contributed by atoms with Crippen LogP contribution in [0.4, 0.5) is 5.69 Å². The highest BCUT2D eigenvalue weighted by molar-refractivity contribution is 14.1. The Balaban J connectivity index is 2.09. The zero-order chi connectivity index (χ0) is 14.8. The van der Waals surface area contributed by atoms with Crippen molar-refractivity contribution < 1.29 is 0 Å². The zero-order valence-electron chi connectivity index (χ0n) is 11.9. The van der Waals surface area contributed by atoms with Gasteiger partial charge in [-0.2, -0.15) is 0 Å². The Hall–Kier alpha value is -1.60. The lowest BCUT2D eigenvalue weighted by Crippen LogP contribution is -2.28. The standard InChI is InChI=1S/C16H16IN4/c1-12(17)14-7-6-13(15-5-3-4-8-18-15)11-16(14)21-10-9-19-20(21)2/h3-12H,1-2H3/q-1/t12-/m1/s1. The van der Waals surface area contributed by atoms with Gasteiger partial charge in [0, 0.05) is 15.7 Å². The van der Waals surface area contributed by atoms with E-state index in [9.17, 15) is 0 Å². The predicted molar refractivity (Wildman–Crippen MR) is 94.8 cm³/mol. The fourth-order valence-electron chi connectivity index (χ4n) is 2.35. The lowest BCUT2D eigenvalue weighted by molar-refractivity contribution is 0.457. The van der Waals surface area contributed by atoms with Gasteiger partial charge < -0.3 is 5.43 Å². The van der Waals surface area contributed by atoms with E-state index in [1.807, 2.05) is 42.8 Å². The van der Waals surface area contributed by atoms with E-state index in [4.69, 9.17) is 0 Å². The molecule has 4 nitrogen and oxygen atoms in total. The minimum atomic E-state index is 0.415. The van der Waals surface area contributed by atoms with E-state index >= 15 is 0 Å². The van der Waals surface area contributed by atoms with Crippen molar-refractivity contribution in [3.8, 4) is 11.3 Å². The monoisotopic (exact) mass is 391 g/mol. The molecule has 1 aromatic carbocycles. The molecular weight excluding hydrogens is 375 g/mol. The predicted octanol–water partition coefficient (Wildman–Crippen LogP) is 4.67. The summed E-state index contributed by atoms with van der Waals surface area (Å²) in [5.74, 6) is 0. The number of pyridine rings is 1. The molecule has 1 aliphatic heterocycles. The van der Waals surface area contributed by atoms with Gasteiger partial charge in [-0.15, -0.1) is 6.20 Å². The largest absolute Gasteiger partial charge is 0.606 e. The van der Waals surface area contributed by atoms with Crippen LogP contribution in [0.25, 0.3) is 16.7 Å². The lowest BCUT2D eigenvalue weighted by Gasteiger charge is -2.36. The highest BCUT2D eigenvalue weighted by Crippen LogP contribution is 2.37. The molecule has 1 aliphatic rings. The number of anilines is 1. The molecule has 0 aliphatic carbocycles. The summed E-state index contributed by atoms with van der Waals surface area (Å²) in [6.45, 7) is 2.19. The summed E-state index contributed by atoms with van der Waals surface area (Å²) in [5.41, 5.74) is 8.77. The van der Waals surface area contributed by atoms with Crippen LogP contribution in [0.1, 0.15) is 16.4 Å². The highest BCUT2D eigenvalue weighted by Gasteiger charge is 2.16. The fourth-order valence-corrected chi connectivity index (χ4v) is 2.88. The maximum atomic E-state index is 4.43. The summed E-state index contributed by atoms with van der Waals surface area (Å²) in [7, 11) is 1.94. The number of halogens is 1. The molecule has 0 radical (unpaired) electrons. The summed E-state index contributed by atoms with van der Waals surface area (Å²) < 4.78 is 0.415. The molecule has 1 aromatic heterocycles. The van der Waals surface area contributed by atoms with E-state index in [1.54, 1.807) is 6.20 Å². The van der Waals surface area contributed by atoms with Gasteiger partial charge in [-0.05, 0) is 43.9 Å². The van der Waals surface area contributed by atoms with Gasteiger partial charge in [-0.3, -0.25) is 15.1 Å². The van der Waals surface area contributed by atoms with Crippen molar-refractivity contribution in [2.75, 3.05) is 12.1 Å². The molecule has 2 aromatic rings. The van der Waals surface area contributed by atoms with Crippen molar-refractivity contribution in [1.29, 1.82) is 0 Å². The second-order valence-electron chi connectivity index (χ2n) is 4.85. The van der Waals surface area contributed by atoms with E-state index in [2.05, 4.69) is 63.1 Å². The summed E-state index contributed by atoms with van der Waals surface area (Å²) in [4.78, 5) is 4.43. The lowest BCUT2D eigenvalue weighted by atomic mass is 10.0. The van der Waals surface area contributed by atoms with E-state index in [1.165, 1.54) is 5.56 Å². The van der Waals surface area contributed by atoms with Crippen molar-refractivity contribution in [3.05, 3.63) is 66.0 Å². The van der Waals surface area contributed by atoms with E-state index in [0.717, 1.165) is 16.9 Å². The third kappa shape index (κ3) is 2.89. The SMILES string of the molecule is C[C@@H](I)c1ccc(-c2ccccn2)cc1N1C=C[N-]N1C. The van der Waals surface area contributed by atoms with Crippen LogP contribution in [0.5, 0.6) is 0 Å². The van der Waals surface area contributed by atoms with Gasteiger partial charge in [-0.25, -0.2) is 0 Å². The molecule has 108 valence electrons. The molecular formula is C16H16IN4-. The molecule has 1 atom stereocenters. The Morgan fingerprint density at radius 2 is 2.10 bits per heavy atom. The van der Waals surface area contributed by atoms with Gasteiger partial charge in [0.1, 0.15) is 0 Å². The maximum Gasteiger partial charge on any atom is 0.0702 e. The average molecular weight is 391 g/mol. The van der Waals surface area contributed by atoms with Crippen molar-refractivity contribution in [2.45, 2.75) is 10.8 Å². The summed E-state index contributed by atoms with van der Waals surface area (Å²) in [6, 6.07) is 12.5. The van der Waals surface area contributed by atoms with Crippen molar-refractivity contribution >= 4 is 28.3 Å². The number of hydrazine groups is 1. The minimum absolute atomic E-state index is 0.415. The topological polar surface area (TPSA) is 33.5 Å². The zero-order valence-corrected chi connectivity index (χ0v) is 14.1. The molecule has 5 heteroatoms. The number of benzene rings is 1. The second-order valence-corrected chi connectivity index (χ2v) is 6.72. The second kappa shape index (κ2) is 6.03. The Labute approximate surface area is 138 Å². The first-order chi connectivity index (χ1) is 10.2. The number of hydrogen-bond donors (Lipinski definition) is 0. The molecule has 0 bridgehead atoms. The van der Waals surface area contributed by atoms with Crippen LogP contribution in [-0.2, 0) is 0 Å². The Morgan fingerprint density at radius 3 is 2.71 bits per heavy atom. The van der Waals surface area contributed by atoms with Crippen LogP contribution >= 0.6 is 22.6 Å². The molecule has 0 unspecified atom stereocenters. The van der Waals surface area contributed by atoms with Gasteiger partial charge in [0.15, 0.2) is 0 Å². The van der Waals surface area contributed by atoms with E-state index in [0.29, 0.717) is 3.92 Å². The third-order valence-corrected chi connectivity index (χ3v) is 4.09. The van der Waals surface area contributed by atoms with Crippen LogP contribution in [0, 0.1) is 0 Å². The van der Waals surface area contributed by atoms with Crippen molar-refractivity contribution in [3.63, 3.8) is 0 Å². The summed E-state index contributed by atoms with van der Waals surface area (Å²) in [5, 5.41) is 3.89. The van der Waals surface area contributed by atoms with Gasteiger partial charge >= 0.3 is 0 Å². The number of aromatic nitrogens is 1. The smallest absolute Gasteiger partial charge is 0.0702 e. The normalized spacial score (nSPS) is 16.0. The first-order valence-corrected chi connectivity index (χ1v) is 8.01. The van der Waals surface area contributed by atoms with Gasteiger partial charge in [0.05, 0.1) is 11.4 Å². The van der Waals surface area contributed by atoms with Crippen LogP contribution < -0.4 is 5.01 Å². The van der Waals surface area contributed by atoms with Crippen LogP contribution in [-0.4, -0.2) is 17.1 Å². The number of alkyl halides is 1. The van der Waals surface area contributed by atoms with Gasteiger partial charge in [0.25, 0.3) is 0 Å². The number of rotatable bonds is 3. The third-order valence-electron chi connectivity index (χ3n) is 3.42. The van der Waals surface area contributed by atoms with Crippen molar-refractivity contribution in [1.82, 2.24) is 10.1 Å². The Bertz CT molecular complexity index is 655. The fraction of sp³-hybridized carbons (Fsp3) is 0.188. The molecule has 21 heavy (non-hydrogen) atoms. The average Bonchev–Trinajstić information content (AvgIpc) is 2.93. The molecule has 0 fully saturated rings. The van der Waals surface area contributed by atoms with Gasteiger partial charge in [0.2, 0.25) is 0 Å². The molecule has 0 spiro atoms. The van der Waals surface area contributed by atoms with E-state index < -0.39 is 0 Å². The number of hydrogen-bond acceptors (Lipinski definition) is 3. The highest BCUT2D eigenvalue weighted by atomic mass is 127. The molecule has 0 saturated heterocycles. The molecule has 0 saturated carbocycles. The Kier molecular flexibility index (Phi) is 4.12. The quantitative estimate of drug-likeness (QED) is 0.563. The van der Waals surface area contributed by atoms with E-state index in [-0.39, 0.29) is 0 Å². The molecule has 3 rings (SSSR count). The van der Waals surface area contributed by atoms with Crippen LogP contribution in [0.15, 0.2) is 55.0 Å². The molecule has 2 heterocycles. The first-order valence-electron chi connectivity index (χ1n) is 6.76. The molecule has 0 amide bonds. The maximum absolute atomic E-state index is 4.43. The summed E-state index contributed by atoms with van der Waals surface area (Å²) in [6.07, 6.45) is 5.59. The van der Waals surface area contributed by atoms with Crippen LogP contribution in [0.3, 0.4) is 0 Å². The van der Waals surface area contributed by atoms with Crippen LogP contribution in [0.2, 0.25) is 0 Å². The molecule has 0 N–H and O–H groups in total. The Morgan fingerprint density at radius 1 is 1.24 bits per heavy atom.